The van der Waals surface area contributed by atoms with E-state index in [1.807, 2.05) is 13.8 Å². The fourth-order valence-corrected chi connectivity index (χ4v) is 3.19. The van der Waals surface area contributed by atoms with Crippen LogP contribution in [0.15, 0.2) is 0 Å². The Kier molecular flexibility index (Phi) is 3.55. The third kappa shape index (κ3) is 2.10. The van der Waals surface area contributed by atoms with Crippen molar-refractivity contribution < 1.29 is 8.42 Å². The first kappa shape index (κ1) is 11.9. The molecule has 2 unspecified atom stereocenters. The topological polar surface area (TPSA) is 49.4 Å². The smallest absolute Gasteiger partial charge is 0.216 e. The third-order valence-electron chi connectivity index (χ3n) is 2.90. The van der Waals surface area contributed by atoms with Crippen LogP contribution in [0.25, 0.3) is 0 Å². The molecule has 0 spiro atoms. The van der Waals surface area contributed by atoms with E-state index < -0.39 is 10.0 Å². The Morgan fingerprint density at radius 1 is 1.36 bits per heavy atom. The molecule has 0 amide bonds. The van der Waals surface area contributed by atoms with Gasteiger partial charge in [0.2, 0.25) is 10.0 Å². The molecule has 0 aromatic rings. The van der Waals surface area contributed by atoms with Crippen LogP contribution in [0.1, 0.15) is 27.7 Å². The van der Waals surface area contributed by atoms with Crippen molar-refractivity contribution >= 4 is 10.0 Å². The first-order chi connectivity index (χ1) is 6.37. The van der Waals surface area contributed by atoms with Gasteiger partial charge in [-0.25, -0.2) is 8.42 Å². The largest absolute Gasteiger partial charge is 0.311 e. The lowest BCUT2D eigenvalue weighted by atomic mass is 10.1. The monoisotopic (exact) mass is 220 g/mol. The second-order valence-corrected chi connectivity index (χ2v) is 6.63. The molecule has 14 heavy (non-hydrogen) atoms. The van der Waals surface area contributed by atoms with Crippen molar-refractivity contribution in [1.29, 1.82) is 0 Å². The molecule has 84 valence electrons. The second kappa shape index (κ2) is 4.16. The molecule has 2 atom stereocenters. The molecule has 0 saturated carbocycles. The molecule has 1 saturated heterocycles. The zero-order chi connectivity index (χ0) is 10.9. The minimum absolute atomic E-state index is 0.0520. The highest BCUT2D eigenvalue weighted by Gasteiger charge is 2.34. The van der Waals surface area contributed by atoms with E-state index in [0.29, 0.717) is 6.54 Å². The number of sulfonamides is 1. The summed E-state index contributed by atoms with van der Waals surface area (Å²) in [4.78, 5) is 0. The fraction of sp³-hybridized carbons (Fsp3) is 1.00. The van der Waals surface area contributed by atoms with E-state index in [0.717, 1.165) is 6.54 Å². The van der Waals surface area contributed by atoms with Gasteiger partial charge in [-0.15, -0.1) is 0 Å². The fourth-order valence-electron chi connectivity index (χ4n) is 1.66. The van der Waals surface area contributed by atoms with E-state index in [2.05, 4.69) is 5.32 Å². The van der Waals surface area contributed by atoms with Gasteiger partial charge in [-0.2, -0.15) is 4.31 Å². The Bertz CT molecular complexity index is 287. The molecule has 4 nitrogen and oxygen atoms in total. The van der Waals surface area contributed by atoms with Gasteiger partial charge in [-0.1, -0.05) is 0 Å². The summed E-state index contributed by atoms with van der Waals surface area (Å²) in [5.41, 5.74) is 0. The second-order valence-electron chi connectivity index (χ2n) is 4.19. The molecule has 5 heteroatoms. The lowest BCUT2D eigenvalue weighted by Crippen LogP contribution is -2.58. The van der Waals surface area contributed by atoms with Gasteiger partial charge in [-0.05, 0) is 27.7 Å². The van der Waals surface area contributed by atoms with E-state index in [-0.39, 0.29) is 17.3 Å². The van der Waals surface area contributed by atoms with Gasteiger partial charge >= 0.3 is 0 Å². The maximum atomic E-state index is 11.9. The molecule has 1 aliphatic rings. The zero-order valence-electron chi connectivity index (χ0n) is 9.32. The van der Waals surface area contributed by atoms with Crippen molar-refractivity contribution in [3.63, 3.8) is 0 Å². The molecule has 0 radical (unpaired) electrons. The summed E-state index contributed by atoms with van der Waals surface area (Å²) >= 11 is 0. The Morgan fingerprint density at radius 3 is 2.43 bits per heavy atom. The highest BCUT2D eigenvalue weighted by molar-refractivity contribution is 7.89. The Labute approximate surface area is 86.7 Å². The van der Waals surface area contributed by atoms with Gasteiger partial charge in [0.1, 0.15) is 0 Å². The molecule has 1 rings (SSSR count). The molecule has 0 aliphatic carbocycles. The van der Waals surface area contributed by atoms with Crippen LogP contribution < -0.4 is 5.32 Å². The van der Waals surface area contributed by atoms with Crippen molar-refractivity contribution in [2.75, 3.05) is 13.1 Å². The molecule has 0 aromatic carbocycles. The van der Waals surface area contributed by atoms with Crippen LogP contribution >= 0.6 is 0 Å². The SMILES string of the molecule is CC1NCCN(S(=O)(=O)C(C)C)C1C. The van der Waals surface area contributed by atoms with Gasteiger partial charge in [0, 0.05) is 25.2 Å². The van der Waals surface area contributed by atoms with E-state index in [9.17, 15) is 8.42 Å². The summed E-state index contributed by atoms with van der Waals surface area (Å²) in [5, 5.41) is 2.94. The van der Waals surface area contributed by atoms with Gasteiger partial charge in [0.25, 0.3) is 0 Å². The molecular weight excluding hydrogens is 200 g/mol. The lowest BCUT2D eigenvalue weighted by molar-refractivity contribution is 0.231. The minimum atomic E-state index is -3.09. The molecule has 1 N–H and O–H groups in total. The Morgan fingerprint density at radius 2 is 1.93 bits per heavy atom. The van der Waals surface area contributed by atoms with Crippen LogP contribution in [0.3, 0.4) is 0 Å². The summed E-state index contributed by atoms with van der Waals surface area (Å²) in [6.07, 6.45) is 0. The number of rotatable bonds is 2. The van der Waals surface area contributed by atoms with Gasteiger partial charge in [0.15, 0.2) is 0 Å². The summed E-state index contributed by atoms with van der Waals surface area (Å²) < 4.78 is 25.5. The summed E-state index contributed by atoms with van der Waals surface area (Å²) in [5.74, 6) is 0. The Balaban J connectivity index is 2.87. The van der Waals surface area contributed by atoms with Crippen LogP contribution in [0.2, 0.25) is 0 Å². The molecular formula is C9H20N2O2S. The summed E-state index contributed by atoms with van der Waals surface area (Å²) in [6, 6.07) is 0.286. The predicted octanol–water partition coefficient (Wildman–Crippen LogP) is 0.407. The van der Waals surface area contributed by atoms with Crippen LogP contribution in [0.4, 0.5) is 0 Å². The normalized spacial score (nSPS) is 30.9. The predicted molar refractivity (Wildman–Crippen MR) is 57.7 cm³/mol. The van der Waals surface area contributed by atoms with Crippen molar-refractivity contribution in [2.24, 2.45) is 0 Å². The number of hydrogen-bond acceptors (Lipinski definition) is 3. The van der Waals surface area contributed by atoms with Crippen molar-refractivity contribution in [3.05, 3.63) is 0 Å². The summed E-state index contributed by atoms with van der Waals surface area (Å²) in [7, 11) is -3.09. The quantitative estimate of drug-likeness (QED) is 0.733. The van der Waals surface area contributed by atoms with Crippen LogP contribution in [0.5, 0.6) is 0 Å². The van der Waals surface area contributed by atoms with Crippen molar-refractivity contribution in [3.8, 4) is 0 Å². The molecule has 1 heterocycles. The first-order valence-electron chi connectivity index (χ1n) is 5.11. The first-order valence-corrected chi connectivity index (χ1v) is 6.61. The molecule has 0 bridgehead atoms. The number of nitrogens with zero attached hydrogens (tertiary/aromatic N) is 1. The zero-order valence-corrected chi connectivity index (χ0v) is 10.1. The van der Waals surface area contributed by atoms with Crippen LogP contribution in [-0.2, 0) is 10.0 Å². The lowest BCUT2D eigenvalue weighted by Gasteiger charge is -2.38. The van der Waals surface area contributed by atoms with E-state index in [1.165, 1.54) is 0 Å². The van der Waals surface area contributed by atoms with Gasteiger partial charge < -0.3 is 5.32 Å². The average Bonchev–Trinajstić information content (AvgIpc) is 2.09. The van der Waals surface area contributed by atoms with E-state index in [1.54, 1.807) is 18.2 Å². The van der Waals surface area contributed by atoms with Crippen LogP contribution in [-0.4, -0.2) is 43.1 Å². The number of nitrogens with one attached hydrogen (secondary N) is 1. The van der Waals surface area contributed by atoms with E-state index in [4.69, 9.17) is 0 Å². The molecule has 0 aromatic heterocycles. The van der Waals surface area contributed by atoms with E-state index >= 15 is 0 Å². The van der Waals surface area contributed by atoms with Gasteiger partial charge in [0.05, 0.1) is 5.25 Å². The number of piperazine rings is 1. The highest BCUT2D eigenvalue weighted by atomic mass is 32.2. The molecule has 1 fully saturated rings. The highest BCUT2D eigenvalue weighted by Crippen LogP contribution is 2.17. The number of hydrogen-bond donors (Lipinski definition) is 1. The van der Waals surface area contributed by atoms with Crippen molar-refractivity contribution in [2.45, 2.75) is 45.0 Å². The van der Waals surface area contributed by atoms with Crippen LogP contribution in [0, 0.1) is 0 Å². The third-order valence-corrected chi connectivity index (χ3v) is 5.26. The van der Waals surface area contributed by atoms with Gasteiger partial charge in [-0.3, -0.25) is 0 Å². The van der Waals surface area contributed by atoms with Crippen molar-refractivity contribution in [1.82, 2.24) is 9.62 Å². The standard InChI is InChI=1S/C9H20N2O2S/c1-7(2)14(12,13)11-6-5-10-8(3)9(11)4/h7-10H,5-6H2,1-4H3. The average molecular weight is 220 g/mol. The summed E-state index contributed by atoms with van der Waals surface area (Å²) in [6.45, 7) is 8.77. The molecule has 1 aliphatic heterocycles. The Hall–Kier alpha value is -0.130. The maximum Gasteiger partial charge on any atom is 0.216 e. The minimum Gasteiger partial charge on any atom is -0.311 e. The maximum absolute atomic E-state index is 11.9.